The standard InChI is InChI=1S/C15H18ClN3O2/c1-18-7-8-19(12(15(18)21)9-10-5-6-10)14(20)11-3-2-4-13(16)17-11/h2-4,10,12H,5-9H2,1H3. The predicted molar refractivity (Wildman–Crippen MR) is 79.0 cm³/mol. The van der Waals surface area contributed by atoms with Crippen LogP contribution in [0.5, 0.6) is 0 Å². The van der Waals surface area contributed by atoms with Crippen molar-refractivity contribution in [3.8, 4) is 0 Å². The monoisotopic (exact) mass is 307 g/mol. The summed E-state index contributed by atoms with van der Waals surface area (Å²) in [5.74, 6) is 0.404. The van der Waals surface area contributed by atoms with Gasteiger partial charge >= 0.3 is 0 Å². The van der Waals surface area contributed by atoms with Crippen LogP contribution in [0.15, 0.2) is 18.2 Å². The first-order valence-electron chi connectivity index (χ1n) is 7.25. The molecule has 112 valence electrons. The van der Waals surface area contributed by atoms with Crippen molar-refractivity contribution in [3.05, 3.63) is 29.0 Å². The number of rotatable bonds is 3. The second-order valence-electron chi connectivity index (χ2n) is 5.80. The van der Waals surface area contributed by atoms with Crippen LogP contribution < -0.4 is 0 Å². The quantitative estimate of drug-likeness (QED) is 0.800. The molecule has 1 aliphatic carbocycles. The Morgan fingerprint density at radius 2 is 2.14 bits per heavy atom. The zero-order valence-electron chi connectivity index (χ0n) is 12.0. The van der Waals surface area contributed by atoms with Crippen molar-refractivity contribution in [1.82, 2.24) is 14.8 Å². The highest BCUT2D eigenvalue weighted by Gasteiger charge is 2.40. The topological polar surface area (TPSA) is 53.5 Å². The maximum absolute atomic E-state index is 12.7. The molecule has 0 aromatic carbocycles. The molecule has 1 saturated heterocycles. The minimum absolute atomic E-state index is 0.0310. The Kier molecular flexibility index (Phi) is 3.85. The van der Waals surface area contributed by atoms with Crippen LogP contribution in [0.2, 0.25) is 5.15 Å². The van der Waals surface area contributed by atoms with Crippen LogP contribution in [0.3, 0.4) is 0 Å². The number of aromatic nitrogens is 1. The highest BCUT2D eigenvalue weighted by atomic mass is 35.5. The molecule has 1 aromatic rings. The van der Waals surface area contributed by atoms with E-state index in [0.717, 1.165) is 19.3 Å². The lowest BCUT2D eigenvalue weighted by Gasteiger charge is -2.39. The SMILES string of the molecule is CN1CCN(C(=O)c2cccc(Cl)n2)C(CC2CC2)C1=O. The second kappa shape index (κ2) is 5.64. The fourth-order valence-electron chi connectivity index (χ4n) is 2.73. The molecule has 1 aromatic heterocycles. The zero-order valence-corrected chi connectivity index (χ0v) is 12.7. The van der Waals surface area contributed by atoms with Gasteiger partial charge in [0.15, 0.2) is 0 Å². The molecule has 0 N–H and O–H groups in total. The summed E-state index contributed by atoms with van der Waals surface area (Å²) in [6, 6.07) is 4.63. The van der Waals surface area contributed by atoms with Gasteiger partial charge < -0.3 is 9.80 Å². The van der Waals surface area contributed by atoms with Gasteiger partial charge in [-0.05, 0) is 24.5 Å². The molecule has 0 spiro atoms. The summed E-state index contributed by atoms with van der Waals surface area (Å²) in [5, 5.41) is 0.292. The lowest BCUT2D eigenvalue weighted by atomic mass is 10.0. The molecule has 3 rings (SSSR count). The Labute approximate surface area is 128 Å². The number of piperazine rings is 1. The van der Waals surface area contributed by atoms with E-state index in [0.29, 0.717) is 29.9 Å². The van der Waals surface area contributed by atoms with Gasteiger partial charge in [0.05, 0.1) is 0 Å². The summed E-state index contributed by atoms with van der Waals surface area (Å²) in [5.41, 5.74) is 0.306. The second-order valence-corrected chi connectivity index (χ2v) is 6.19. The molecular formula is C15H18ClN3O2. The van der Waals surface area contributed by atoms with Gasteiger partial charge in [0.2, 0.25) is 5.91 Å². The molecule has 2 aliphatic rings. The van der Waals surface area contributed by atoms with Gasteiger partial charge in [0.1, 0.15) is 16.9 Å². The first-order chi connectivity index (χ1) is 10.1. The number of pyridine rings is 1. The number of halogens is 1. The highest BCUT2D eigenvalue weighted by molar-refractivity contribution is 6.29. The van der Waals surface area contributed by atoms with Gasteiger partial charge in [-0.1, -0.05) is 30.5 Å². The van der Waals surface area contributed by atoms with Gasteiger partial charge in [-0.15, -0.1) is 0 Å². The maximum atomic E-state index is 12.7. The molecule has 0 bridgehead atoms. The summed E-state index contributed by atoms with van der Waals surface area (Å²) >= 11 is 5.85. The van der Waals surface area contributed by atoms with Crippen LogP contribution in [0.25, 0.3) is 0 Å². The van der Waals surface area contributed by atoms with Crippen molar-refractivity contribution in [3.63, 3.8) is 0 Å². The molecule has 1 aliphatic heterocycles. The Morgan fingerprint density at radius 3 is 2.81 bits per heavy atom. The van der Waals surface area contributed by atoms with Crippen LogP contribution in [-0.2, 0) is 4.79 Å². The van der Waals surface area contributed by atoms with Gasteiger partial charge in [-0.25, -0.2) is 4.98 Å². The molecule has 1 atom stereocenters. The number of carbonyl (C=O) groups is 2. The van der Waals surface area contributed by atoms with E-state index in [2.05, 4.69) is 4.98 Å². The number of carbonyl (C=O) groups excluding carboxylic acids is 2. The molecule has 2 heterocycles. The molecule has 5 nitrogen and oxygen atoms in total. The van der Waals surface area contributed by atoms with E-state index in [9.17, 15) is 9.59 Å². The summed E-state index contributed by atoms with van der Waals surface area (Å²) in [6.45, 7) is 1.11. The largest absolute Gasteiger partial charge is 0.342 e. The third kappa shape index (κ3) is 3.02. The summed E-state index contributed by atoms with van der Waals surface area (Å²) in [7, 11) is 1.79. The van der Waals surface area contributed by atoms with Gasteiger partial charge in [-0.3, -0.25) is 9.59 Å². The van der Waals surface area contributed by atoms with Crippen LogP contribution in [-0.4, -0.2) is 52.8 Å². The molecule has 2 fully saturated rings. The molecule has 1 saturated carbocycles. The molecule has 2 amide bonds. The van der Waals surface area contributed by atoms with Crippen LogP contribution in [0, 0.1) is 5.92 Å². The van der Waals surface area contributed by atoms with Crippen LogP contribution >= 0.6 is 11.6 Å². The molecule has 1 unspecified atom stereocenters. The van der Waals surface area contributed by atoms with Gasteiger partial charge in [-0.2, -0.15) is 0 Å². The number of likely N-dealkylation sites (N-methyl/N-ethyl adjacent to an activating group) is 1. The predicted octanol–water partition coefficient (Wildman–Crippen LogP) is 1.82. The first kappa shape index (κ1) is 14.3. The Hall–Kier alpha value is -1.62. The maximum Gasteiger partial charge on any atom is 0.273 e. The smallest absolute Gasteiger partial charge is 0.273 e. The van der Waals surface area contributed by atoms with Crippen molar-refractivity contribution < 1.29 is 9.59 Å². The number of nitrogens with zero attached hydrogens (tertiary/aromatic N) is 3. The summed E-state index contributed by atoms with van der Waals surface area (Å²) < 4.78 is 0. The average molecular weight is 308 g/mol. The van der Waals surface area contributed by atoms with E-state index in [1.165, 1.54) is 0 Å². The Morgan fingerprint density at radius 1 is 1.38 bits per heavy atom. The first-order valence-corrected chi connectivity index (χ1v) is 7.62. The van der Waals surface area contributed by atoms with Crippen molar-refractivity contribution in [1.29, 1.82) is 0 Å². The molecular weight excluding hydrogens is 290 g/mol. The third-order valence-electron chi connectivity index (χ3n) is 4.16. The normalized spacial score (nSPS) is 22.6. The summed E-state index contributed by atoms with van der Waals surface area (Å²) in [6.07, 6.45) is 3.07. The van der Waals surface area contributed by atoms with E-state index < -0.39 is 0 Å². The fourth-order valence-corrected chi connectivity index (χ4v) is 2.89. The zero-order chi connectivity index (χ0) is 15.0. The minimum Gasteiger partial charge on any atom is -0.342 e. The van der Waals surface area contributed by atoms with E-state index in [1.807, 2.05) is 0 Å². The minimum atomic E-state index is -0.357. The lowest BCUT2D eigenvalue weighted by molar-refractivity contribution is -0.139. The van der Waals surface area contributed by atoms with E-state index in [4.69, 9.17) is 11.6 Å². The van der Waals surface area contributed by atoms with Gasteiger partial charge in [0, 0.05) is 20.1 Å². The van der Waals surface area contributed by atoms with Crippen molar-refractivity contribution in [2.45, 2.75) is 25.3 Å². The fraction of sp³-hybridized carbons (Fsp3) is 0.533. The molecule has 6 heteroatoms. The highest BCUT2D eigenvalue weighted by Crippen LogP contribution is 2.36. The molecule has 21 heavy (non-hydrogen) atoms. The van der Waals surface area contributed by atoms with Crippen molar-refractivity contribution in [2.75, 3.05) is 20.1 Å². The number of hydrogen-bond acceptors (Lipinski definition) is 3. The average Bonchev–Trinajstić information content (AvgIpc) is 3.27. The summed E-state index contributed by atoms with van der Waals surface area (Å²) in [4.78, 5) is 32.5. The van der Waals surface area contributed by atoms with E-state index in [1.54, 1.807) is 35.0 Å². The van der Waals surface area contributed by atoms with Crippen LogP contribution in [0.1, 0.15) is 29.8 Å². The van der Waals surface area contributed by atoms with Crippen LogP contribution in [0.4, 0.5) is 0 Å². The molecule has 0 radical (unpaired) electrons. The lowest BCUT2D eigenvalue weighted by Crippen LogP contribution is -2.57. The van der Waals surface area contributed by atoms with Crippen molar-refractivity contribution in [2.24, 2.45) is 5.92 Å². The van der Waals surface area contributed by atoms with E-state index in [-0.39, 0.29) is 17.9 Å². The number of amides is 2. The van der Waals surface area contributed by atoms with Gasteiger partial charge in [0.25, 0.3) is 5.91 Å². The van der Waals surface area contributed by atoms with Crippen molar-refractivity contribution >= 4 is 23.4 Å². The van der Waals surface area contributed by atoms with E-state index >= 15 is 0 Å². The third-order valence-corrected chi connectivity index (χ3v) is 4.37. The Bertz CT molecular complexity index is 574. The Balaban J connectivity index is 1.83. The number of hydrogen-bond donors (Lipinski definition) is 0.